The van der Waals surface area contributed by atoms with Crippen LogP contribution in [0.5, 0.6) is 0 Å². The molecular weight excluding hydrogens is 256 g/mol. The Bertz CT molecular complexity index is 359. The van der Waals surface area contributed by atoms with Crippen LogP contribution >= 0.6 is 0 Å². The molecule has 2 amide bonds. The van der Waals surface area contributed by atoms with Gasteiger partial charge >= 0.3 is 12.0 Å². The lowest BCUT2D eigenvalue weighted by Gasteiger charge is -2.21. The van der Waals surface area contributed by atoms with Crippen LogP contribution in [0.25, 0.3) is 0 Å². The van der Waals surface area contributed by atoms with Gasteiger partial charge in [0.2, 0.25) is 0 Å². The molecule has 0 heterocycles. The Morgan fingerprint density at radius 1 is 0.950 bits per heavy atom. The summed E-state index contributed by atoms with van der Waals surface area (Å²) >= 11 is 0. The topological polar surface area (TPSA) is 78.4 Å². The highest BCUT2D eigenvalue weighted by Crippen LogP contribution is 2.26. The first kappa shape index (κ1) is 15.1. The molecule has 4 unspecified atom stereocenters. The summed E-state index contributed by atoms with van der Waals surface area (Å²) in [5, 5.41) is 15.0. The lowest BCUT2D eigenvalue weighted by atomic mass is 10.0. The number of nitrogens with one attached hydrogen (secondary N) is 2. The van der Waals surface area contributed by atoms with Crippen LogP contribution < -0.4 is 10.6 Å². The molecule has 2 rings (SSSR count). The fourth-order valence-corrected chi connectivity index (χ4v) is 3.46. The van der Waals surface area contributed by atoms with Gasteiger partial charge in [-0.3, -0.25) is 4.79 Å². The van der Waals surface area contributed by atoms with Crippen LogP contribution in [-0.2, 0) is 4.79 Å². The smallest absolute Gasteiger partial charge is 0.315 e. The van der Waals surface area contributed by atoms with E-state index in [0.717, 1.165) is 44.4 Å². The van der Waals surface area contributed by atoms with E-state index in [1.807, 2.05) is 0 Å². The Morgan fingerprint density at radius 3 is 2.45 bits per heavy atom. The lowest BCUT2D eigenvalue weighted by Crippen LogP contribution is -2.48. The van der Waals surface area contributed by atoms with Crippen LogP contribution in [0, 0.1) is 11.8 Å². The third-order valence-corrected chi connectivity index (χ3v) is 4.74. The highest BCUT2D eigenvalue weighted by Gasteiger charge is 2.34. The zero-order valence-corrected chi connectivity index (χ0v) is 12.2. The number of carbonyl (C=O) groups excluding carboxylic acids is 1. The predicted molar refractivity (Wildman–Crippen MR) is 76.5 cm³/mol. The molecule has 4 atom stereocenters. The Balaban J connectivity index is 1.78. The van der Waals surface area contributed by atoms with E-state index in [-0.39, 0.29) is 18.1 Å². The van der Waals surface area contributed by atoms with Crippen molar-refractivity contribution in [2.24, 2.45) is 11.8 Å². The zero-order valence-electron chi connectivity index (χ0n) is 12.2. The van der Waals surface area contributed by atoms with Crippen molar-refractivity contribution >= 4 is 12.0 Å². The maximum Gasteiger partial charge on any atom is 0.315 e. The third kappa shape index (κ3) is 4.12. The number of hydrogen-bond donors (Lipinski definition) is 3. The largest absolute Gasteiger partial charge is 0.481 e. The van der Waals surface area contributed by atoms with Crippen molar-refractivity contribution in [3.8, 4) is 0 Å². The number of carbonyl (C=O) groups is 2. The number of amides is 2. The number of carboxylic acid groups (broad SMARTS) is 1. The second kappa shape index (κ2) is 6.95. The fourth-order valence-electron chi connectivity index (χ4n) is 3.46. The zero-order chi connectivity index (χ0) is 14.5. The van der Waals surface area contributed by atoms with Gasteiger partial charge in [0.05, 0.1) is 5.92 Å². The molecule has 5 heteroatoms. The Morgan fingerprint density at radius 2 is 1.70 bits per heavy atom. The van der Waals surface area contributed by atoms with Gasteiger partial charge in [0, 0.05) is 12.1 Å². The molecule has 2 fully saturated rings. The molecule has 5 nitrogen and oxygen atoms in total. The number of aliphatic carboxylic acids is 1. The maximum absolute atomic E-state index is 12.0. The molecule has 2 aliphatic carbocycles. The van der Waals surface area contributed by atoms with Crippen LogP contribution in [-0.4, -0.2) is 29.2 Å². The quantitative estimate of drug-likeness (QED) is 0.696. The van der Waals surface area contributed by atoms with Gasteiger partial charge < -0.3 is 15.7 Å². The summed E-state index contributed by atoms with van der Waals surface area (Å²) in [6, 6.07) is -0.162. The summed E-state index contributed by atoms with van der Waals surface area (Å²) < 4.78 is 0. The Hall–Kier alpha value is -1.26. The summed E-state index contributed by atoms with van der Waals surface area (Å²) in [6.45, 7) is 2.26. The van der Waals surface area contributed by atoms with Gasteiger partial charge in [-0.2, -0.15) is 0 Å². The number of hydrogen-bond acceptors (Lipinski definition) is 2. The SMILES string of the molecule is CC1CCCC(NC(=O)NC2CCCC2C(=O)O)CC1. The minimum atomic E-state index is -0.795. The molecule has 20 heavy (non-hydrogen) atoms. The molecule has 114 valence electrons. The first-order chi connectivity index (χ1) is 9.56. The van der Waals surface area contributed by atoms with Crippen molar-refractivity contribution in [1.29, 1.82) is 0 Å². The fraction of sp³-hybridized carbons (Fsp3) is 0.867. The molecular formula is C15H26N2O3. The van der Waals surface area contributed by atoms with Crippen molar-refractivity contribution in [2.75, 3.05) is 0 Å². The first-order valence-electron chi connectivity index (χ1n) is 7.86. The van der Waals surface area contributed by atoms with Crippen molar-refractivity contribution in [3.05, 3.63) is 0 Å². The Labute approximate surface area is 120 Å². The average Bonchev–Trinajstić information content (AvgIpc) is 2.74. The van der Waals surface area contributed by atoms with Gasteiger partial charge in [0.25, 0.3) is 0 Å². The number of urea groups is 1. The minimum Gasteiger partial charge on any atom is -0.481 e. The van der Waals surface area contributed by atoms with E-state index in [9.17, 15) is 9.59 Å². The van der Waals surface area contributed by atoms with Crippen LogP contribution in [0.3, 0.4) is 0 Å². The standard InChI is InChI=1S/C15H26N2O3/c1-10-4-2-5-11(9-8-10)16-15(20)17-13-7-3-6-12(13)14(18)19/h10-13H,2-9H2,1H3,(H,18,19)(H2,16,17,20). The highest BCUT2D eigenvalue weighted by molar-refractivity contribution is 5.77. The number of rotatable bonds is 3. The molecule has 2 saturated carbocycles. The van der Waals surface area contributed by atoms with Crippen LogP contribution in [0.4, 0.5) is 4.79 Å². The lowest BCUT2D eigenvalue weighted by molar-refractivity contribution is -0.142. The summed E-state index contributed by atoms with van der Waals surface area (Å²) in [6.07, 6.45) is 7.94. The first-order valence-corrected chi connectivity index (χ1v) is 7.86. The van der Waals surface area contributed by atoms with E-state index in [2.05, 4.69) is 17.6 Å². The number of carboxylic acids is 1. The molecule has 3 N–H and O–H groups in total. The summed E-state index contributed by atoms with van der Waals surface area (Å²) in [5.74, 6) is -0.470. The summed E-state index contributed by atoms with van der Waals surface area (Å²) in [7, 11) is 0. The molecule has 2 aliphatic rings. The third-order valence-electron chi connectivity index (χ3n) is 4.74. The molecule has 0 bridgehead atoms. The van der Waals surface area contributed by atoms with E-state index in [0.29, 0.717) is 6.42 Å². The molecule has 0 saturated heterocycles. The summed E-state index contributed by atoms with van der Waals surface area (Å²) in [5.41, 5.74) is 0. The van der Waals surface area contributed by atoms with Crippen molar-refractivity contribution < 1.29 is 14.7 Å². The van der Waals surface area contributed by atoms with Gasteiger partial charge in [-0.05, 0) is 38.0 Å². The highest BCUT2D eigenvalue weighted by atomic mass is 16.4. The van der Waals surface area contributed by atoms with E-state index in [1.165, 1.54) is 6.42 Å². The summed E-state index contributed by atoms with van der Waals surface area (Å²) in [4.78, 5) is 23.1. The Kier molecular flexibility index (Phi) is 5.26. The molecule has 0 aromatic rings. The second-order valence-corrected chi connectivity index (χ2v) is 6.41. The van der Waals surface area contributed by atoms with Gasteiger partial charge in [-0.1, -0.05) is 26.2 Å². The van der Waals surface area contributed by atoms with E-state index in [1.54, 1.807) is 0 Å². The van der Waals surface area contributed by atoms with Crippen LogP contribution in [0.2, 0.25) is 0 Å². The van der Waals surface area contributed by atoms with Crippen LogP contribution in [0.15, 0.2) is 0 Å². The maximum atomic E-state index is 12.0. The molecule has 0 aromatic carbocycles. The molecule has 0 radical (unpaired) electrons. The van der Waals surface area contributed by atoms with Gasteiger partial charge in [0.15, 0.2) is 0 Å². The average molecular weight is 282 g/mol. The van der Waals surface area contributed by atoms with E-state index < -0.39 is 11.9 Å². The predicted octanol–water partition coefficient (Wildman–Crippen LogP) is 2.51. The molecule has 0 spiro atoms. The van der Waals surface area contributed by atoms with Gasteiger partial charge in [-0.15, -0.1) is 0 Å². The van der Waals surface area contributed by atoms with E-state index in [4.69, 9.17) is 5.11 Å². The van der Waals surface area contributed by atoms with Gasteiger partial charge in [-0.25, -0.2) is 4.79 Å². The van der Waals surface area contributed by atoms with Crippen molar-refractivity contribution in [2.45, 2.75) is 70.4 Å². The van der Waals surface area contributed by atoms with Crippen molar-refractivity contribution in [1.82, 2.24) is 10.6 Å². The normalized spacial score (nSPS) is 34.2. The molecule has 0 aromatic heterocycles. The minimum absolute atomic E-state index is 0.192. The van der Waals surface area contributed by atoms with Gasteiger partial charge in [0.1, 0.15) is 0 Å². The molecule has 0 aliphatic heterocycles. The van der Waals surface area contributed by atoms with E-state index >= 15 is 0 Å². The second-order valence-electron chi connectivity index (χ2n) is 6.41. The monoisotopic (exact) mass is 282 g/mol. The van der Waals surface area contributed by atoms with Crippen molar-refractivity contribution in [3.63, 3.8) is 0 Å². The van der Waals surface area contributed by atoms with Crippen LogP contribution in [0.1, 0.15) is 58.3 Å².